The van der Waals surface area contributed by atoms with Crippen molar-refractivity contribution >= 4 is 40.3 Å². The third-order valence-electron chi connectivity index (χ3n) is 5.46. The number of rotatable bonds is 6. The van der Waals surface area contributed by atoms with Gasteiger partial charge in [-0.1, -0.05) is 26.0 Å². The maximum atomic E-state index is 12.6. The third kappa shape index (κ3) is 5.13. The summed E-state index contributed by atoms with van der Waals surface area (Å²) in [6, 6.07) is 12.4. The number of nitro groups is 1. The van der Waals surface area contributed by atoms with E-state index in [0.717, 1.165) is 38.0 Å². The Morgan fingerprint density at radius 2 is 1.87 bits per heavy atom. The van der Waals surface area contributed by atoms with Crippen LogP contribution in [0.4, 0.5) is 17.1 Å². The van der Waals surface area contributed by atoms with Gasteiger partial charge in [0.05, 0.1) is 4.92 Å². The quantitative estimate of drug-likeness (QED) is 0.391. The highest BCUT2D eigenvalue weighted by atomic mass is 32.1. The molecule has 2 aromatic carbocycles. The number of nitro benzene ring substituents is 1. The first kappa shape index (κ1) is 21.7. The topological polar surface area (TPSA) is 87.5 Å². The van der Waals surface area contributed by atoms with Crippen molar-refractivity contribution in [2.45, 2.75) is 39.0 Å². The number of nitrogens with zero attached hydrogens (tertiary/aromatic N) is 2. The van der Waals surface area contributed by atoms with E-state index >= 15 is 0 Å². The summed E-state index contributed by atoms with van der Waals surface area (Å²) in [5.74, 6) is -0.00942. The van der Waals surface area contributed by atoms with E-state index in [1.54, 1.807) is 12.1 Å². The van der Waals surface area contributed by atoms with Gasteiger partial charge in [0.25, 0.3) is 11.6 Å². The van der Waals surface area contributed by atoms with Crippen molar-refractivity contribution in [1.82, 2.24) is 5.32 Å². The molecule has 30 heavy (non-hydrogen) atoms. The Morgan fingerprint density at radius 3 is 2.47 bits per heavy atom. The van der Waals surface area contributed by atoms with Crippen molar-refractivity contribution in [2.24, 2.45) is 0 Å². The number of anilines is 2. The molecule has 7 nitrogen and oxygen atoms in total. The first-order chi connectivity index (χ1) is 14.4. The summed E-state index contributed by atoms with van der Waals surface area (Å²) in [7, 11) is 0. The molecule has 1 aliphatic heterocycles. The molecule has 1 heterocycles. The molecule has 1 fully saturated rings. The predicted octanol–water partition coefficient (Wildman–Crippen LogP) is 4.84. The van der Waals surface area contributed by atoms with Crippen molar-refractivity contribution < 1.29 is 9.72 Å². The first-order valence-corrected chi connectivity index (χ1v) is 10.6. The lowest BCUT2D eigenvalue weighted by molar-refractivity contribution is -0.384. The molecule has 1 aliphatic rings. The van der Waals surface area contributed by atoms with Crippen molar-refractivity contribution in [3.8, 4) is 0 Å². The Bertz CT molecular complexity index is 940. The highest BCUT2D eigenvalue weighted by molar-refractivity contribution is 7.80. The number of amides is 1. The van der Waals surface area contributed by atoms with Gasteiger partial charge in [-0.3, -0.25) is 20.2 Å². The molecule has 0 saturated carbocycles. The highest BCUT2D eigenvalue weighted by Gasteiger charge is 2.24. The van der Waals surface area contributed by atoms with Gasteiger partial charge in [0.2, 0.25) is 0 Å². The largest absolute Gasteiger partial charge is 0.366 e. The van der Waals surface area contributed by atoms with Crippen molar-refractivity contribution in [3.05, 3.63) is 63.7 Å². The van der Waals surface area contributed by atoms with E-state index in [1.807, 2.05) is 29.2 Å². The molecule has 1 saturated heterocycles. The molecule has 0 spiro atoms. The summed E-state index contributed by atoms with van der Waals surface area (Å²) in [4.78, 5) is 25.6. The van der Waals surface area contributed by atoms with E-state index in [4.69, 9.17) is 12.2 Å². The summed E-state index contributed by atoms with van der Waals surface area (Å²) in [5.41, 5.74) is 2.69. The van der Waals surface area contributed by atoms with Gasteiger partial charge in [-0.25, -0.2) is 0 Å². The molecular formula is C22H26N4O3S. The average Bonchev–Trinajstić information content (AvgIpc) is 3.27. The number of hydrogen-bond donors (Lipinski definition) is 2. The molecule has 2 aromatic rings. The molecule has 1 unspecified atom stereocenters. The van der Waals surface area contributed by atoms with Gasteiger partial charge in [-0.05, 0) is 67.2 Å². The fraction of sp³-hybridized carbons (Fsp3) is 0.364. The Kier molecular flexibility index (Phi) is 6.99. The van der Waals surface area contributed by atoms with E-state index in [0.29, 0.717) is 11.6 Å². The Hall–Kier alpha value is -3.00. The molecule has 1 atom stereocenters. The monoisotopic (exact) mass is 426 g/mol. The van der Waals surface area contributed by atoms with Crippen LogP contribution in [0, 0.1) is 10.1 Å². The van der Waals surface area contributed by atoms with Gasteiger partial charge >= 0.3 is 0 Å². The molecule has 0 aromatic heterocycles. The maximum absolute atomic E-state index is 12.6. The van der Waals surface area contributed by atoms with Crippen LogP contribution in [0.5, 0.6) is 0 Å². The van der Waals surface area contributed by atoms with Crippen LogP contribution in [-0.4, -0.2) is 29.0 Å². The van der Waals surface area contributed by atoms with Gasteiger partial charge in [-0.2, -0.15) is 0 Å². The first-order valence-electron chi connectivity index (χ1n) is 10.1. The van der Waals surface area contributed by atoms with Gasteiger partial charge in [-0.15, -0.1) is 0 Å². The molecule has 0 radical (unpaired) electrons. The zero-order chi connectivity index (χ0) is 21.7. The second-order valence-electron chi connectivity index (χ2n) is 7.49. The van der Waals surface area contributed by atoms with Gasteiger partial charge in [0.1, 0.15) is 5.69 Å². The standard InChI is InChI=1S/C22H26N4O3S/c1-3-15(2)16-6-9-18(10-7-16)23-22(30)24-21(27)17-8-11-19(20(14-17)26(28)29)25-12-4-5-13-25/h6-11,14-15H,3-5,12-13H2,1-2H3,(H2,23,24,27,30). The molecule has 158 valence electrons. The van der Waals surface area contributed by atoms with Crippen LogP contribution >= 0.6 is 12.2 Å². The molecule has 0 bridgehead atoms. The smallest absolute Gasteiger partial charge is 0.293 e. The number of carbonyl (C=O) groups is 1. The number of benzene rings is 2. The molecule has 0 aliphatic carbocycles. The zero-order valence-electron chi connectivity index (χ0n) is 17.2. The summed E-state index contributed by atoms with van der Waals surface area (Å²) in [5, 5.41) is 17.2. The van der Waals surface area contributed by atoms with Crippen molar-refractivity contribution in [3.63, 3.8) is 0 Å². The fourth-order valence-electron chi connectivity index (χ4n) is 3.50. The van der Waals surface area contributed by atoms with Crippen molar-refractivity contribution in [1.29, 1.82) is 0 Å². The average molecular weight is 427 g/mol. The van der Waals surface area contributed by atoms with Crippen LogP contribution in [0.25, 0.3) is 0 Å². The fourth-order valence-corrected chi connectivity index (χ4v) is 3.72. The van der Waals surface area contributed by atoms with Gasteiger partial charge in [0.15, 0.2) is 5.11 Å². The van der Waals surface area contributed by atoms with Gasteiger partial charge < -0.3 is 10.2 Å². The number of thiocarbonyl (C=S) groups is 1. The number of hydrogen-bond acceptors (Lipinski definition) is 5. The normalized spacial score (nSPS) is 14.3. The molecule has 2 N–H and O–H groups in total. The summed E-state index contributed by atoms with van der Waals surface area (Å²) < 4.78 is 0. The Labute approximate surface area is 181 Å². The SMILES string of the molecule is CCC(C)c1ccc(NC(=S)NC(=O)c2ccc(N3CCCC3)c([N+](=O)[O-])c2)cc1. The lowest BCUT2D eigenvalue weighted by atomic mass is 9.99. The third-order valence-corrected chi connectivity index (χ3v) is 5.66. The Balaban J connectivity index is 1.67. The minimum Gasteiger partial charge on any atom is -0.366 e. The van der Waals surface area contributed by atoms with Gasteiger partial charge in [0, 0.05) is 30.4 Å². The number of nitrogens with one attached hydrogen (secondary N) is 2. The van der Waals surface area contributed by atoms with Crippen LogP contribution in [0.2, 0.25) is 0 Å². The molecular weight excluding hydrogens is 400 g/mol. The summed E-state index contributed by atoms with van der Waals surface area (Å²) in [6.45, 7) is 5.89. The van der Waals surface area contributed by atoms with E-state index in [-0.39, 0.29) is 16.4 Å². The lowest BCUT2D eigenvalue weighted by Gasteiger charge is -2.18. The minimum absolute atomic E-state index is 0.0657. The second-order valence-corrected chi connectivity index (χ2v) is 7.90. The van der Waals surface area contributed by atoms with Crippen LogP contribution in [0.1, 0.15) is 54.9 Å². The lowest BCUT2D eigenvalue weighted by Crippen LogP contribution is -2.34. The Morgan fingerprint density at radius 1 is 1.20 bits per heavy atom. The summed E-state index contributed by atoms with van der Waals surface area (Å²) in [6.07, 6.45) is 3.08. The molecule has 3 rings (SSSR count). The van der Waals surface area contributed by atoms with Crippen LogP contribution in [0.15, 0.2) is 42.5 Å². The van der Waals surface area contributed by atoms with E-state index in [2.05, 4.69) is 24.5 Å². The maximum Gasteiger partial charge on any atom is 0.293 e. The minimum atomic E-state index is -0.486. The zero-order valence-corrected chi connectivity index (χ0v) is 18.0. The van der Waals surface area contributed by atoms with Crippen LogP contribution in [-0.2, 0) is 0 Å². The number of carbonyl (C=O) groups excluding carboxylic acids is 1. The van der Waals surface area contributed by atoms with E-state index in [1.165, 1.54) is 11.6 Å². The predicted molar refractivity (Wildman–Crippen MR) is 123 cm³/mol. The molecule has 8 heteroatoms. The van der Waals surface area contributed by atoms with E-state index < -0.39 is 10.8 Å². The van der Waals surface area contributed by atoms with Crippen LogP contribution in [0.3, 0.4) is 0 Å². The molecule has 1 amide bonds. The highest BCUT2D eigenvalue weighted by Crippen LogP contribution is 2.31. The van der Waals surface area contributed by atoms with E-state index in [9.17, 15) is 14.9 Å². The van der Waals surface area contributed by atoms with Crippen molar-refractivity contribution in [2.75, 3.05) is 23.3 Å². The summed E-state index contributed by atoms with van der Waals surface area (Å²) >= 11 is 5.23. The second kappa shape index (κ2) is 9.67. The van der Waals surface area contributed by atoms with Crippen LogP contribution < -0.4 is 15.5 Å².